The predicted octanol–water partition coefficient (Wildman–Crippen LogP) is 2.70. The number of aliphatic hydroxyl groups excluding tert-OH is 1. The molecule has 0 aliphatic heterocycles. The van der Waals surface area contributed by atoms with Gasteiger partial charge in [-0.25, -0.2) is 0 Å². The Labute approximate surface area is 91.1 Å². The molecule has 0 fully saturated rings. The van der Waals surface area contributed by atoms with Crippen molar-refractivity contribution in [2.24, 2.45) is 5.92 Å². The Hall–Kier alpha value is -1.26. The molecule has 1 N–H and O–H groups in total. The van der Waals surface area contributed by atoms with Gasteiger partial charge in [-0.15, -0.1) is 12.3 Å². The number of aryl methyl sites for hydroxylation is 1. The number of hydrogen-bond acceptors (Lipinski definition) is 1. The van der Waals surface area contributed by atoms with Crippen molar-refractivity contribution in [3.63, 3.8) is 0 Å². The molecule has 1 aromatic carbocycles. The number of hydrogen-bond donors (Lipinski definition) is 1. The average molecular weight is 200 g/mol. The Morgan fingerprint density at radius 1 is 1.40 bits per heavy atom. The van der Waals surface area contributed by atoms with Gasteiger partial charge in [0.2, 0.25) is 0 Å². The fourth-order valence-electron chi connectivity index (χ4n) is 2.38. The molecule has 0 radical (unpaired) electrons. The van der Waals surface area contributed by atoms with Gasteiger partial charge in [0.1, 0.15) is 0 Å². The van der Waals surface area contributed by atoms with Gasteiger partial charge in [0.15, 0.2) is 0 Å². The summed E-state index contributed by atoms with van der Waals surface area (Å²) in [6.45, 7) is 0. The summed E-state index contributed by atoms with van der Waals surface area (Å²) in [5.74, 6) is 2.90. The molecule has 0 aromatic heterocycles. The minimum absolute atomic E-state index is 0.235. The van der Waals surface area contributed by atoms with Crippen LogP contribution >= 0.6 is 0 Å². The van der Waals surface area contributed by atoms with Crippen LogP contribution in [-0.2, 0) is 6.42 Å². The molecule has 1 nitrogen and oxygen atoms in total. The highest BCUT2D eigenvalue weighted by atomic mass is 16.3. The Morgan fingerprint density at radius 2 is 2.20 bits per heavy atom. The zero-order valence-electron chi connectivity index (χ0n) is 8.82. The van der Waals surface area contributed by atoms with E-state index in [2.05, 4.69) is 12.0 Å². The van der Waals surface area contributed by atoms with Crippen molar-refractivity contribution < 1.29 is 5.11 Å². The number of fused-ring (bicyclic) bond motifs is 1. The van der Waals surface area contributed by atoms with Gasteiger partial charge in [0, 0.05) is 6.42 Å². The van der Waals surface area contributed by atoms with E-state index in [-0.39, 0.29) is 12.0 Å². The van der Waals surface area contributed by atoms with Crippen LogP contribution in [0, 0.1) is 18.3 Å². The van der Waals surface area contributed by atoms with Crippen molar-refractivity contribution in [3.05, 3.63) is 35.4 Å². The van der Waals surface area contributed by atoms with E-state index in [1.165, 1.54) is 5.56 Å². The Balaban J connectivity index is 2.31. The highest BCUT2D eigenvalue weighted by Gasteiger charge is 2.24. The third kappa shape index (κ3) is 2.06. The topological polar surface area (TPSA) is 20.2 Å². The minimum atomic E-state index is -0.375. The molecule has 0 spiro atoms. The van der Waals surface area contributed by atoms with Gasteiger partial charge >= 0.3 is 0 Å². The molecule has 0 saturated carbocycles. The zero-order valence-corrected chi connectivity index (χ0v) is 8.82. The lowest BCUT2D eigenvalue weighted by molar-refractivity contribution is 0.108. The summed E-state index contributed by atoms with van der Waals surface area (Å²) in [5.41, 5.74) is 2.36. The van der Waals surface area contributed by atoms with Crippen LogP contribution < -0.4 is 0 Å². The predicted molar refractivity (Wildman–Crippen MR) is 61.3 cm³/mol. The molecule has 2 rings (SSSR count). The van der Waals surface area contributed by atoms with Gasteiger partial charge in [-0.1, -0.05) is 24.3 Å². The van der Waals surface area contributed by atoms with Crippen LogP contribution in [0.3, 0.4) is 0 Å². The SMILES string of the molecule is C#CCC1CCCc2ccccc2C1O. The molecule has 0 heterocycles. The van der Waals surface area contributed by atoms with Crippen LogP contribution in [0.2, 0.25) is 0 Å². The quantitative estimate of drug-likeness (QED) is 0.546. The highest BCUT2D eigenvalue weighted by Crippen LogP contribution is 2.34. The van der Waals surface area contributed by atoms with Crippen LogP contribution in [0.1, 0.15) is 36.5 Å². The normalized spacial score (nSPS) is 25.1. The second-order valence-corrected chi connectivity index (χ2v) is 4.20. The fraction of sp³-hybridized carbons (Fsp3) is 0.429. The molecule has 1 aliphatic carbocycles. The standard InChI is InChI=1S/C14H16O/c1-2-6-12-9-5-8-11-7-3-4-10-13(11)14(12)15/h1,3-4,7,10,12,14-15H,5-6,8-9H2. The van der Waals surface area contributed by atoms with Crippen LogP contribution in [0.4, 0.5) is 0 Å². The van der Waals surface area contributed by atoms with Crippen LogP contribution in [0.25, 0.3) is 0 Å². The lowest BCUT2D eigenvalue weighted by Crippen LogP contribution is -2.11. The van der Waals surface area contributed by atoms with Gasteiger partial charge in [-0.05, 0) is 36.3 Å². The van der Waals surface area contributed by atoms with Gasteiger partial charge < -0.3 is 5.11 Å². The van der Waals surface area contributed by atoms with Gasteiger partial charge in [0.05, 0.1) is 6.10 Å². The van der Waals surface area contributed by atoms with E-state index in [1.54, 1.807) is 0 Å². The Bertz CT molecular complexity index is 375. The lowest BCUT2D eigenvalue weighted by Gasteiger charge is -2.19. The molecular formula is C14H16O. The summed E-state index contributed by atoms with van der Waals surface area (Å²) in [6, 6.07) is 8.15. The Morgan fingerprint density at radius 3 is 3.00 bits per heavy atom. The van der Waals surface area contributed by atoms with Crippen molar-refractivity contribution >= 4 is 0 Å². The molecule has 2 atom stereocenters. The summed E-state index contributed by atoms with van der Waals surface area (Å²) >= 11 is 0. The molecule has 0 bridgehead atoms. The van der Waals surface area contributed by atoms with E-state index < -0.39 is 0 Å². The first kappa shape index (κ1) is 10.3. The van der Waals surface area contributed by atoms with E-state index >= 15 is 0 Å². The van der Waals surface area contributed by atoms with E-state index in [1.807, 2.05) is 18.2 Å². The maximum absolute atomic E-state index is 10.2. The molecule has 1 aromatic rings. The smallest absolute Gasteiger partial charge is 0.0829 e. The zero-order chi connectivity index (χ0) is 10.7. The van der Waals surface area contributed by atoms with Crippen molar-refractivity contribution in [2.75, 3.05) is 0 Å². The first-order chi connectivity index (χ1) is 7.33. The minimum Gasteiger partial charge on any atom is -0.388 e. The Kier molecular flexibility index (Phi) is 3.08. The largest absolute Gasteiger partial charge is 0.388 e. The van der Waals surface area contributed by atoms with Crippen LogP contribution in [0.15, 0.2) is 24.3 Å². The van der Waals surface area contributed by atoms with Crippen molar-refractivity contribution in [3.8, 4) is 12.3 Å². The second-order valence-electron chi connectivity index (χ2n) is 4.20. The molecule has 1 heteroatoms. The maximum Gasteiger partial charge on any atom is 0.0829 e. The van der Waals surface area contributed by atoms with Crippen LogP contribution in [0.5, 0.6) is 0 Å². The molecular weight excluding hydrogens is 184 g/mol. The van der Waals surface area contributed by atoms with E-state index in [0.29, 0.717) is 6.42 Å². The number of terminal acetylenes is 1. The summed E-state index contributed by atoms with van der Waals surface area (Å²) in [5, 5.41) is 10.2. The van der Waals surface area contributed by atoms with E-state index in [4.69, 9.17) is 6.42 Å². The molecule has 1 aliphatic rings. The monoisotopic (exact) mass is 200 g/mol. The number of benzene rings is 1. The molecule has 15 heavy (non-hydrogen) atoms. The second kappa shape index (κ2) is 4.51. The molecule has 0 amide bonds. The van der Waals surface area contributed by atoms with Crippen molar-refractivity contribution in [1.82, 2.24) is 0 Å². The summed E-state index contributed by atoms with van der Waals surface area (Å²) < 4.78 is 0. The lowest BCUT2D eigenvalue weighted by atomic mass is 9.91. The van der Waals surface area contributed by atoms with Gasteiger partial charge in [0.25, 0.3) is 0 Å². The van der Waals surface area contributed by atoms with E-state index in [0.717, 1.165) is 24.8 Å². The fourth-order valence-corrected chi connectivity index (χ4v) is 2.38. The van der Waals surface area contributed by atoms with E-state index in [9.17, 15) is 5.11 Å². The number of rotatable bonds is 1. The molecule has 78 valence electrons. The van der Waals surface area contributed by atoms with Crippen LogP contribution in [-0.4, -0.2) is 5.11 Å². The summed E-state index contributed by atoms with van der Waals surface area (Å²) in [4.78, 5) is 0. The average Bonchev–Trinajstić information content (AvgIpc) is 2.41. The first-order valence-corrected chi connectivity index (χ1v) is 5.52. The summed E-state index contributed by atoms with van der Waals surface area (Å²) in [6.07, 6.45) is 8.85. The first-order valence-electron chi connectivity index (χ1n) is 5.52. The van der Waals surface area contributed by atoms with Crippen molar-refractivity contribution in [2.45, 2.75) is 31.8 Å². The highest BCUT2D eigenvalue weighted by molar-refractivity contribution is 5.30. The van der Waals surface area contributed by atoms with Gasteiger partial charge in [-0.2, -0.15) is 0 Å². The summed E-state index contributed by atoms with van der Waals surface area (Å²) in [7, 11) is 0. The van der Waals surface area contributed by atoms with Crippen molar-refractivity contribution in [1.29, 1.82) is 0 Å². The third-order valence-corrected chi connectivity index (χ3v) is 3.22. The number of aliphatic hydroxyl groups is 1. The molecule has 2 unspecified atom stereocenters. The van der Waals surface area contributed by atoms with Gasteiger partial charge in [-0.3, -0.25) is 0 Å². The maximum atomic E-state index is 10.2. The third-order valence-electron chi connectivity index (χ3n) is 3.22. The molecule has 0 saturated heterocycles.